The zero-order valence-corrected chi connectivity index (χ0v) is 10.2. The average Bonchev–Trinajstić information content (AvgIpc) is 2.16. The monoisotopic (exact) mass is 224 g/mol. The Balaban J connectivity index is 3.06. The lowest BCUT2D eigenvalue weighted by molar-refractivity contribution is 0.320. The molecule has 0 heterocycles. The van der Waals surface area contributed by atoms with Crippen LogP contribution in [-0.4, -0.2) is 11.7 Å². The van der Waals surface area contributed by atoms with Gasteiger partial charge in [-0.25, -0.2) is 0 Å². The van der Waals surface area contributed by atoms with Crippen molar-refractivity contribution in [2.45, 2.75) is 20.8 Å². The zero-order valence-electron chi connectivity index (χ0n) is 9.42. The highest BCUT2D eigenvalue weighted by molar-refractivity contribution is 6.30. The van der Waals surface area contributed by atoms with Gasteiger partial charge < -0.3 is 5.11 Å². The second-order valence-electron chi connectivity index (χ2n) is 4.03. The fourth-order valence-electron chi connectivity index (χ4n) is 1.40. The summed E-state index contributed by atoms with van der Waals surface area (Å²) in [4.78, 5) is 0. The van der Waals surface area contributed by atoms with E-state index in [9.17, 15) is 5.11 Å². The fraction of sp³-hybridized carbons (Fsp3) is 0.385. The van der Waals surface area contributed by atoms with Crippen molar-refractivity contribution in [1.29, 1.82) is 0 Å². The molecule has 0 saturated heterocycles. The Morgan fingerprint density at radius 3 is 2.60 bits per heavy atom. The molecule has 0 radical (unpaired) electrons. The normalized spacial score (nSPS) is 12.3. The molecule has 15 heavy (non-hydrogen) atoms. The minimum atomic E-state index is 0.111. The third kappa shape index (κ3) is 3.37. The van der Waals surface area contributed by atoms with E-state index in [0.29, 0.717) is 5.92 Å². The van der Waals surface area contributed by atoms with E-state index in [4.69, 9.17) is 11.6 Å². The molecule has 0 amide bonds. The largest absolute Gasteiger partial charge is 0.392 e. The smallest absolute Gasteiger partial charge is 0.0647 e. The fourth-order valence-corrected chi connectivity index (χ4v) is 1.62. The second-order valence-corrected chi connectivity index (χ2v) is 4.47. The Kier molecular flexibility index (Phi) is 4.37. The predicted octanol–water partition coefficient (Wildman–Crippen LogP) is 3.68. The zero-order chi connectivity index (χ0) is 11.4. The van der Waals surface area contributed by atoms with E-state index < -0.39 is 0 Å². The first-order chi connectivity index (χ1) is 7.04. The first-order valence-electron chi connectivity index (χ1n) is 5.12. The lowest BCUT2D eigenvalue weighted by Gasteiger charge is -2.09. The van der Waals surface area contributed by atoms with E-state index >= 15 is 0 Å². The van der Waals surface area contributed by atoms with Crippen LogP contribution in [0.15, 0.2) is 23.8 Å². The van der Waals surface area contributed by atoms with Gasteiger partial charge in [0.25, 0.3) is 0 Å². The van der Waals surface area contributed by atoms with E-state index in [-0.39, 0.29) is 6.61 Å². The summed E-state index contributed by atoms with van der Waals surface area (Å²) in [7, 11) is 0. The molecule has 1 rings (SSSR count). The van der Waals surface area contributed by atoms with E-state index in [1.54, 1.807) is 0 Å². The van der Waals surface area contributed by atoms with Gasteiger partial charge in [-0.15, -0.1) is 0 Å². The Bertz CT molecular complexity index is 367. The van der Waals surface area contributed by atoms with Crippen LogP contribution in [0.4, 0.5) is 0 Å². The Morgan fingerprint density at radius 1 is 1.47 bits per heavy atom. The van der Waals surface area contributed by atoms with Crippen LogP contribution >= 0.6 is 11.6 Å². The maximum absolute atomic E-state index is 9.21. The Hall–Kier alpha value is -0.790. The molecule has 2 heteroatoms. The van der Waals surface area contributed by atoms with Gasteiger partial charge >= 0.3 is 0 Å². The molecule has 0 fully saturated rings. The quantitative estimate of drug-likeness (QED) is 0.831. The van der Waals surface area contributed by atoms with E-state index in [0.717, 1.165) is 21.7 Å². The first-order valence-corrected chi connectivity index (χ1v) is 5.50. The second kappa shape index (κ2) is 5.34. The number of benzene rings is 1. The van der Waals surface area contributed by atoms with Crippen LogP contribution in [0.3, 0.4) is 0 Å². The lowest BCUT2D eigenvalue weighted by Crippen LogP contribution is -1.99. The summed E-state index contributed by atoms with van der Waals surface area (Å²) in [6.45, 7) is 6.29. The van der Waals surface area contributed by atoms with Gasteiger partial charge in [-0.1, -0.05) is 37.6 Å². The maximum Gasteiger partial charge on any atom is 0.0647 e. The summed E-state index contributed by atoms with van der Waals surface area (Å²) < 4.78 is 0. The summed E-state index contributed by atoms with van der Waals surface area (Å²) in [5, 5.41) is 9.96. The highest BCUT2D eigenvalue weighted by Crippen LogP contribution is 2.20. The van der Waals surface area contributed by atoms with Gasteiger partial charge in [0.2, 0.25) is 0 Å². The van der Waals surface area contributed by atoms with Crippen molar-refractivity contribution in [2.24, 2.45) is 5.92 Å². The van der Waals surface area contributed by atoms with Gasteiger partial charge in [-0.2, -0.15) is 0 Å². The van der Waals surface area contributed by atoms with Crippen LogP contribution < -0.4 is 0 Å². The van der Waals surface area contributed by atoms with Gasteiger partial charge in [0.05, 0.1) is 6.61 Å². The maximum atomic E-state index is 9.21. The predicted molar refractivity (Wildman–Crippen MR) is 66.1 cm³/mol. The lowest BCUT2D eigenvalue weighted by atomic mass is 9.99. The van der Waals surface area contributed by atoms with Crippen LogP contribution in [0, 0.1) is 12.8 Å². The summed E-state index contributed by atoms with van der Waals surface area (Å²) >= 11 is 5.88. The van der Waals surface area contributed by atoms with Crippen LogP contribution in [0.25, 0.3) is 6.08 Å². The van der Waals surface area contributed by atoms with Gasteiger partial charge in [0, 0.05) is 5.02 Å². The van der Waals surface area contributed by atoms with Crippen molar-refractivity contribution in [1.82, 2.24) is 0 Å². The van der Waals surface area contributed by atoms with Crippen LogP contribution in [-0.2, 0) is 0 Å². The number of hydrogen-bond donors (Lipinski definition) is 1. The molecule has 1 aromatic carbocycles. The molecule has 0 aliphatic heterocycles. The van der Waals surface area contributed by atoms with Crippen molar-refractivity contribution in [3.63, 3.8) is 0 Å². The third-order valence-corrected chi connectivity index (χ3v) is 2.73. The summed E-state index contributed by atoms with van der Waals surface area (Å²) in [5.41, 5.74) is 3.30. The average molecular weight is 225 g/mol. The number of rotatable bonds is 3. The van der Waals surface area contributed by atoms with Gasteiger partial charge in [-0.05, 0) is 41.7 Å². The topological polar surface area (TPSA) is 20.2 Å². The molecule has 0 spiro atoms. The summed E-state index contributed by atoms with van der Waals surface area (Å²) in [6, 6.07) is 5.79. The molecule has 0 aliphatic rings. The molecule has 1 nitrogen and oxygen atoms in total. The highest BCUT2D eigenvalue weighted by atomic mass is 35.5. The number of hydrogen-bond acceptors (Lipinski definition) is 1. The number of aliphatic hydroxyl groups excluding tert-OH is 1. The van der Waals surface area contributed by atoms with Crippen molar-refractivity contribution in [3.8, 4) is 0 Å². The van der Waals surface area contributed by atoms with Gasteiger partial charge in [0.1, 0.15) is 0 Å². The standard InChI is InChI=1S/C13H17ClO/c1-9(2)12(8-15)7-11-4-5-13(14)6-10(11)3/h4-7,9,15H,8H2,1-3H3/b12-7+. The van der Waals surface area contributed by atoms with Crippen molar-refractivity contribution < 1.29 is 5.11 Å². The molecular weight excluding hydrogens is 208 g/mol. The van der Waals surface area contributed by atoms with Crippen molar-refractivity contribution in [3.05, 3.63) is 39.9 Å². The first kappa shape index (κ1) is 12.3. The summed E-state index contributed by atoms with van der Waals surface area (Å²) in [5.74, 6) is 0.366. The van der Waals surface area contributed by atoms with Crippen molar-refractivity contribution in [2.75, 3.05) is 6.61 Å². The van der Waals surface area contributed by atoms with Gasteiger partial charge in [0.15, 0.2) is 0 Å². The van der Waals surface area contributed by atoms with Crippen molar-refractivity contribution >= 4 is 17.7 Å². The molecule has 1 N–H and O–H groups in total. The number of aryl methyl sites for hydroxylation is 1. The number of halogens is 1. The van der Waals surface area contributed by atoms with E-state index in [1.165, 1.54) is 0 Å². The number of aliphatic hydroxyl groups is 1. The minimum absolute atomic E-state index is 0.111. The Morgan fingerprint density at radius 2 is 2.13 bits per heavy atom. The summed E-state index contributed by atoms with van der Waals surface area (Å²) in [6.07, 6.45) is 2.04. The van der Waals surface area contributed by atoms with E-state index in [2.05, 4.69) is 13.8 Å². The van der Waals surface area contributed by atoms with E-state index in [1.807, 2.05) is 31.2 Å². The van der Waals surface area contributed by atoms with Crippen LogP contribution in [0.5, 0.6) is 0 Å². The molecule has 0 bridgehead atoms. The molecule has 82 valence electrons. The third-order valence-electron chi connectivity index (χ3n) is 2.50. The van der Waals surface area contributed by atoms with Crippen LogP contribution in [0.1, 0.15) is 25.0 Å². The Labute approximate surface area is 96.4 Å². The highest BCUT2D eigenvalue weighted by Gasteiger charge is 2.03. The molecule has 0 aliphatic carbocycles. The molecular formula is C13H17ClO. The van der Waals surface area contributed by atoms with Crippen LogP contribution in [0.2, 0.25) is 5.02 Å². The van der Waals surface area contributed by atoms with Gasteiger partial charge in [-0.3, -0.25) is 0 Å². The molecule has 0 aromatic heterocycles. The SMILES string of the molecule is Cc1cc(Cl)ccc1/C=C(\CO)C(C)C. The molecule has 0 saturated carbocycles. The molecule has 0 unspecified atom stereocenters. The molecule has 0 atom stereocenters. The minimum Gasteiger partial charge on any atom is -0.392 e. The molecule has 1 aromatic rings.